The molecule has 0 saturated carbocycles. The van der Waals surface area contributed by atoms with Crippen LogP contribution in [0.4, 0.5) is 14.5 Å². The van der Waals surface area contributed by atoms with Crippen molar-refractivity contribution in [2.75, 3.05) is 5.32 Å². The number of aromatic nitrogens is 1. The molecule has 1 heterocycles. The Kier molecular flexibility index (Phi) is 4.05. The average Bonchev–Trinajstić information content (AvgIpc) is 2.44. The Hall–Kier alpha value is -2.33. The number of nitrogens with zero attached hydrogens (tertiary/aromatic N) is 2. The number of pyridine rings is 1. The first kappa shape index (κ1) is 14.1. The number of carbonyl (C=O) groups excluding carboxylic acids is 1. The molecule has 0 unspecified atom stereocenters. The van der Waals surface area contributed by atoms with Gasteiger partial charge in [0.05, 0.1) is 22.9 Å². The molecule has 0 fully saturated rings. The normalized spacial score (nSPS) is 9.90. The maximum atomic E-state index is 13.4. The second kappa shape index (κ2) is 5.75. The molecule has 20 heavy (non-hydrogen) atoms. The number of nitriles is 1. The van der Waals surface area contributed by atoms with Crippen LogP contribution >= 0.6 is 15.9 Å². The molecular formula is C13H6BrF2N3O. The van der Waals surface area contributed by atoms with Crippen LogP contribution < -0.4 is 5.32 Å². The van der Waals surface area contributed by atoms with Crippen molar-refractivity contribution in [1.82, 2.24) is 4.98 Å². The van der Waals surface area contributed by atoms with Gasteiger partial charge in [-0.3, -0.25) is 4.79 Å². The van der Waals surface area contributed by atoms with Gasteiger partial charge in [-0.15, -0.1) is 0 Å². The molecule has 1 aromatic carbocycles. The third kappa shape index (κ3) is 2.81. The van der Waals surface area contributed by atoms with Crippen molar-refractivity contribution in [2.24, 2.45) is 0 Å². The molecule has 2 aromatic rings. The van der Waals surface area contributed by atoms with Crippen LogP contribution in [0.2, 0.25) is 0 Å². The second-order valence-corrected chi connectivity index (χ2v) is 4.58. The first-order chi connectivity index (χ1) is 9.52. The SMILES string of the molecule is N#Cc1ccc(NC(=O)c2ccnc(F)c2F)c(Br)c1. The van der Waals surface area contributed by atoms with E-state index in [2.05, 4.69) is 26.2 Å². The lowest BCUT2D eigenvalue weighted by Gasteiger charge is -2.08. The van der Waals surface area contributed by atoms with Crippen LogP contribution in [0.3, 0.4) is 0 Å². The Morgan fingerprint density at radius 1 is 1.35 bits per heavy atom. The molecule has 4 nitrogen and oxygen atoms in total. The van der Waals surface area contributed by atoms with Crippen molar-refractivity contribution in [3.63, 3.8) is 0 Å². The highest BCUT2D eigenvalue weighted by molar-refractivity contribution is 9.10. The molecule has 0 aliphatic rings. The highest BCUT2D eigenvalue weighted by atomic mass is 79.9. The Bertz CT molecular complexity index is 728. The van der Waals surface area contributed by atoms with Crippen molar-refractivity contribution in [2.45, 2.75) is 0 Å². The number of halogens is 3. The maximum absolute atomic E-state index is 13.4. The lowest BCUT2D eigenvalue weighted by Crippen LogP contribution is -2.15. The fourth-order valence-electron chi connectivity index (χ4n) is 1.47. The van der Waals surface area contributed by atoms with E-state index in [-0.39, 0.29) is 0 Å². The average molecular weight is 338 g/mol. The van der Waals surface area contributed by atoms with E-state index in [0.717, 1.165) is 12.3 Å². The quantitative estimate of drug-likeness (QED) is 0.855. The van der Waals surface area contributed by atoms with E-state index in [1.807, 2.05) is 6.07 Å². The molecular weight excluding hydrogens is 332 g/mol. The number of anilines is 1. The van der Waals surface area contributed by atoms with Gasteiger partial charge >= 0.3 is 0 Å². The third-order valence-corrected chi connectivity index (χ3v) is 3.09. The molecule has 0 radical (unpaired) electrons. The first-order valence-corrected chi connectivity index (χ1v) is 6.13. The summed E-state index contributed by atoms with van der Waals surface area (Å²) in [6.45, 7) is 0. The minimum Gasteiger partial charge on any atom is -0.321 e. The largest absolute Gasteiger partial charge is 0.321 e. The molecule has 0 aliphatic carbocycles. The van der Waals surface area contributed by atoms with E-state index in [4.69, 9.17) is 5.26 Å². The van der Waals surface area contributed by atoms with Crippen molar-refractivity contribution < 1.29 is 13.6 Å². The fraction of sp³-hybridized carbons (Fsp3) is 0. The van der Waals surface area contributed by atoms with Crippen LogP contribution in [0.25, 0.3) is 0 Å². The zero-order valence-corrected chi connectivity index (χ0v) is 11.4. The Morgan fingerprint density at radius 3 is 2.75 bits per heavy atom. The molecule has 1 amide bonds. The number of hydrogen-bond donors (Lipinski definition) is 1. The van der Waals surface area contributed by atoms with Gasteiger partial charge in [-0.25, -0.2) is 9.37 Å². The summed E-state index contributed by atoms with van der Waals surface area (Å²) in [6, 6.07) is 7.48. The molecule has 1 aromatic heterocycles. The van der Waals surface area contributed by atoms with Crippen molar-refractivity contribution in [3.05, 3.63) is 57.8 Å². The Balaban J connectivity index is 2.29. The standard InChI is InChI=1S/C13H6BrF2N3O/c14-9-5-7(6-17)1-2-10(9)19-13(20)8-3-4-18-12(16)11(8)15/h1-5H,(H,19,20). The number of nitrogens with one attached hydrogen (secondary N) is 1. The van der Waals surface area contributed by atoms with Crippen LogP contribution in [0, 0.1) is 23.1 Å². The van der Waals surface area contributed by atoms with Gasteiger partial charge < -0.3 is 5.32 Å². The van der Waals surface area contributed by atoms with Gasteiger partial charge in [-0.05, 0) is 40.2 Å². The summed E-state index contributed by atoms with van der Waals surface area (Å²) >= 11 is 3.18. The lowest BCUT2D eigenvalue weighted by atomic mass is 10.2. The first-order valence-electron chi connectivity index (χ1n) is 5.34. The van der Waals surface area contributed by atoms with Crippen molar-refractivity contribution in [3.8, 4) is 6.07 Å². The lowest BCUT2D eigenvalue weighted by molar-refractivity contribution is 0.102. The molecule has 0 bridgehead atoms. The van der Waals surface area contributed by atoms with Gasteiger partial charge in [0.25, 0.3) is 5.91 Å². The Morgan fingerprint density at radius 2 is 2.10 bits per heavy atom. The summed E-state index contributed by atoms with van der Waals surface area (Å²) in [5.41, 5.74) is 0.287. The number of benzene rings is 1. The van der Waals surface area contributed by atoms with E-state index in [0.29, 0.717) is 15.7 Å². The van der Waals surface area contributed by atoms with Crippen LogP contribution in [-0.4, -0.2) is 10.9 Å². The second-order valence-electron chi connectivity index (χ2n) is 3.72. The van der Waals surface area contributed by atoms with E-state index < -0.39 is 23.2 Å². The van der Waals surface area contributed by atoms with Crippen LogP contribution in [-0.2, 0) is 0 Å². The van der Waals surface area contributed by atoms with Gasteiger partial charge in [-0.1, -0.05) is 0 Å². The maximum Gasteiger partial charge on any atom is 0.258 e. The number of amides is 1. The van der Waals surface area contributed by atoms with Gasteiger partial charge in [0.2, 0.25) is 5.95 Å². The fourth-order valence-corrected chi connectivity index (χ4v) is 1.95. The van der Waals surface area contributed by atoms with E-state index in [1.165, 1.54) is 18.2 Å². The van der Waals surface area contributed by atoms with Crippen LogP contribution in [0.5, 0.6) is 0 Å². The topological polar surface area (TPSA) is 65.8 Å². The van der Waals surface area contributed by atoms with Crippen LogP contribution in [0.1, 0.15) is 15.9 Å². The van der Waals surface area contributed by atoms with Gasteiger partial charge in [0.1, 0.15) is 0 Å². The van der Waals surface area contributed by atoms with E-state index in [1.54, 1.807) is 0 Å². The molecule has 0 saturated heterocycles. The minimum atomic E-state index is -1.34. The van der Waals surface area contributed by atoms with Crippen molar-refractivity contribution in [1.29, 1.82) is 5.26 Å². The predicted molar refractivity (Wildman–Crippen MR) is 71.0 cm³/mol. The van der Waals surface area contributed by atoms with Gasteiger partial charge in [-0.2, -0.15) is 9.65 Å². The molecule has 7 heteroatoms. The number of rotatable bonds is 2. The van der Waals surface area contributed by atoms with Gasteiger partial charge in [0.15, 0.2) is 5.82 Å². The zero-order chi connectivity index (χ0) is 14.7. The van der Waals surface area contributed by atoms with E-state index in [9.17, 15) is 13.6 Å². The molecule has 0 atom stereocenters. The van der Waals surface area contributed by atoms with Crippen LogP contribution in [0.15, 0.2) is 34.9 Å². The molecule has 0 aliphatic heterocycles. The molecule has 0 spiro atoms. The summed E-state index contributed by atoms with van der Waals surface area (Å²) in [7, 11) is 0. The summed E-state index contributed by atoms with van der Waals surface area (Å²) in [5.74, 6) is -3.46. The minimum absolute atomic E-state index is 0.339. The summed E-state index contributed by atoms with van der Waals surface area (Å²) in [6.07, 6.45) is 1.00. The molecule has 2 rings (SSSR count). The van der Waals surface area contributed by atoms with Gasteiger partial charge in [0, 0.05) is 10.7 Å². The van der Waals surface area contributed by atoms with Crippen molar-refractivity contribution >= 4 is 27.5 Å². The molecule has 1 N–H and O–H groups in total. The van der Waals surface area contributed by atoms with E-state index >= 15 is 0 Å². The third-order valence-electron chi connectivity index (χ3n) is 2.44. The monoisotopic (exact) mass is 337 g/mol. The molecule has 100 valence electrons. The summed E-state index contributed by atoms with van der Waals surface area (Å²) < 4.78 is 26.8. The Labute approximate surface area is 121 Å². The zero-order valence-electron chi connectivity index (χ0n) is 9.82. The summed E-state index contributed by atoms with van der Waals surface area (Å²) in [5, 5.41) is 11.1. The highest BCUT2D eigenvalue weighted by Gasteiger charge is 2.17. The number of carbonyl (C=O) groups is 1. The predicted octanol–water partition coefficient (Wildman–Crippen LogP) is 3.25. The highest BCUT2D eigenvalue weighted by Crippen LogP contribution is 2.24. The smallest absolute Gasteiger partial charge is 0.258 e. The number of hydrogen-bond acceptors (Lipinski definition) is 3. The summed E-state index contributed by atoms with van der Waals surface area (Å²) in [4.78, 5) is 15.0.